The normalized spacial score (nSPS) is 17.8. The fourth-order valence-corrected chi connectivity index (χ4v) is 2.37. The van der Waals surface area contributed by atoms with E-state index in [2.05, 4.69) is 5.16 Å². The molecule has 0 amide bonds. The van der Waals surface area contributed by atoms with Gasteiger partial charge in [-0.3, -0.25) is 0 Å². The molecule has 18 heavy (non-hydrogen) atoms. The summed E-state index contributed by atoms with van der Waals surface area (Å²) in [5.41, 5.74) is 2.92. The molecule has 0 fully saturated rings. The number of hydrogen-bond donors (Lipinski definition) is 1. The molecule has 1 atom stereocenters. The Morgan fingerprint density at radius 3 is 3.06 bits per heavy atom. The predicted molar refractivity (Wildman–Crippen MR) is 64.3 cm³/mol. The molecule has 1 aromatic carbocycles. The van der Waals surface area contributed by atoms with Crippen LogP contribution < -0.4 is 4.90 Å². The molecule has 1 aliphatic heterocycles. The quantitative estimate of drug-likeness (QED) is 0.889. The highest BCUT2D eigenvalue weighted by atomic mass is 16.5. The Balaban J connectivity index is 1.95. The van der Waals surface area contributed by atoms with E-state index in [0.717, 1.165) is 16.8 Å². The van der Waals surface area contributed by atoms with Crippen LogP contribution in [0.2, 0.25) is 0 Å². The first-order valence-electron chi connectivity index (χ1n) is 5.71. The number of carboxylic acid groups (broad SMARTS) is 1. The standard InChI is InChI=1S/C13H12N2O3/c16-13(17)12-5-10-3-1-2-4-11(10)15(12)7-9-6-14-18-8-9/h1-4,6,8,12H,5,7H2,(H,16,17). The Hall–Kier alpha value is -2.30. The van der Waals surface area contributed by atoms with Crippen LogP contribution in [0, 0.1) is 0 Å². The lowest BCUT2D eigenvalue weighted by atomic mass is 10.1. The smallest absolute Gasteiger partial charge is 0.326 e. The molecule has 0 bridgehead atoms. The number of para-hydroxylation sites is 1. The minimum Gasteiger partial charge on any atom is -0.480 e. The van der Waals surface area contributed by atoms with Crippen LogP contribution >= 0.6 is 0 Å². The zero-order chi connectivity index (χ0) is 12.5. The van der Waals surface area contributed by atoms with Crippen molar-refractivity contribution in [2.45, 2.75) is 19.0 Å². The van der Waals surface area contributed by atoms with Crippen LogP contribution in [0.25, 0.3) is 0 Å². The van der Waals surface area contributed by atoms with Crippen LogP contribution in [-0.2, 0) is 17.8 Å². The molecule has 1 aromatic heterocycles. The van der Waals surface area contributed by atoms with Crippen LogP contribution in [0.3, 0.4) is 0 Å². The van der Waals surface area contributed by atoms with E-state index in [9.17, 15) is 9.90 Å². The van der Waals surface area contributed by atoms with E-state index in [1.165, 1.54) is 0 Å². The summed E-state index contributed by atoms with van der Waals surface area (Å²) in [4.78, 5) is 13.2. The molecule has 0 saturated carbocycles. The van der Waals surface area contributed by atoms with E-state index >= 15 is 0 Å². The average Bonchev–Trinajstić information content (AvgIpc) is 2.98. The van der Waals surface area contributed by atoms with Gasteiger partial charge in [0.15, 0.2) is 0 Å². The molecule has 1 unspecified atom stereocenters. The number of rotatable bonds is 3. The first-order chi connectivity index (χ1) is 8.75. The number of aromatic nitrogens is 1. The molecule has 5 nitrogen and oxygen atoms in total. The topological polar surface area (TPSA) is 66.6 Å². The van der Waals surface area contributed by atoms with Crippen LogP contribution in [0.15, 0.2) is 41.2 Å². The molecule has 2 aromatic rings. The third-order valence-corrected chi connectivity index (χ3v) is 3.21. The second-order valence-corrected chi connectivity index (χ2v) is 4.35. The van der Waals surface area contributed by atoms with Gasteiger partial charge < -0.3 is 14.5 Å². The number of nitrogens with zero attached hydrogens (tertiary/aromatic N) is 2. The van der Waals surface area contributed by atoms with Gasteiger partial charge in [0.25, 0.3) is 0 Å². The Kier molecular flexibility index (Phi) is 2.51. The largest absolute Gasteiger partial charge is 0.480 e. The zero-order valence-corrected chi connectivity index (χ0v) is 9.61. The molecule has 0 saturated heterocycles. The number of carbonyl (C=O) groups is 1. The van der Waals surface area contributed by atoms with Crippen molar-refractivity contribution in [1.29, 1.82) is 0 Å². The third kappa shape index (κ3) is 1.73. The van der Waals surface area contributed by atoms with Gasteiger partial charge in [0.05, 0.1) is 6.20 Å². The molecular formula is C13H12N2O3. The van der Waals surface area contributed by atoms with Crippen molar-refractivity contribution < 1.29 is 14.4 Å². The van der Waals surface area contributed by atoms with E-state index in [1.54, 1.807) is 12.5 Å². The predicted octanol–water partition coefficient (Wildman–Crippen LogP) is 1.69. The summed E-state index contributed by atoms with van der Waals surface area (Å²) in [6.45, 7) is 0.497. The Bertz CT molecular complexity index is 565. The number of fused-ring (bicyclic) bond motifs is 1. The first kappa shape index (κ1) is 10.8. The Labute approximate surface area is 104 Å². The fraction of sp³-hybridized carbons (Fsp3) is 0.231. The van der Waals surface area contributed by atoms with Gasteiger partial charge in [-0.25, -0.2) is 4.79 Å². The van der Waals surface area contributed by atoms with Gasteiger partial charge in [0.1, 0.15) is 12.3 Å². The van der Waals surface area contributed by atoms with Crippen molar-refractivity contribution in [3.8, 4) is 0 Å². The Morgan fingerprint density at radius 2 is 2.33 bits per heavy atom. The molecule has 2 heterocycles. The van der Waals surface area contributed by atoms with Gasteiger partial charge in [-0.05, 0) is 11.6 Å². The zero-order valence-electron chi connectivity index (χ0n) is 9.61. The average molecular weight is 244 g/mol. The summed E-state index contributed by atoms with van der Waals surface area (Å²) in [7, 11) is 0. The lowest BCUT2D eigenvalue weighted by molar-refractivity contribution is -0.138. The molecule has 0 spiro atoms. The maximum atomic E-state index is 11.3. The molecule has 0 radical (unpaired) electrons. The van der Waals surface area contributed by atoms with E-state index in [1.807, 2.05) is 29.2 Å². The first-order valence-corrected chi connectivity index (χ1v) is 5.71. The van der Waals surface area contributed by atoms with Crippen molar-refractivity contribution in [2.24, 2.45) is 0 Å². The molecule has 1 N–H and O–H groups in total. The maximum absolute atomic E-state index is 11.3. The van der Waals surface area contributed by atoms with Crippen molar-refractivity contribution in [2.75, 3.05) is 4.90 Å². The van der Waals surface area contributed by atoms with E-state index in [4.69, 9.17) is 4.52 Å². The van der Waals surface area contributed by atoms with Gasteiger partial charge in [-0.2, -0.15) is 0 Å². The minimum atomic E-state index is -0.803. The third-order valence-electron chi connectivity index (χ3n) is 3.21. The van der Waals surface area contributed by atoms with Gasteiger partial charge in [0.2, 0.25) is 0 Å². The number of aliphatic carboxylic acids is 1. The fourth-order valence-electron chi connectivity index (χ4n) is 2.37. The molecule has 1 aliphatic rings. The Morgan fingerprint density at radius 1 is 1.50 bits per heavy atom. The van der Waals surface area contributed by atoms with Gasteiger partial charge in [0, 0.05) is 24.2 Å². The molecule has 3 rings (SSSR count). The van der Waals surface area contributed by atoms with E-state index in [-0.39, 0.29) is 0 Å². The van der Waals surface area contributed by atoms with Gasteiger partial charge >= 0.3 is 5.97 Å². The van der Waals surface area contributed by atoms with Crippen LogP contribution in [0.1, 0.15) is 11.1 Å². The highest BCUT2D eigenvalue weighted by Crippen LogP contribution is 2.33. The second kappa shape index (κ2) is 4.18. The monoisotopic (exact) mass is 244 g/mol. The summed E-state index contributed by atoms with van der Waals surface area (Å²) >= 11 is 0. The number of hydrogen-bond acceptors (Lipinski definition) is 4. The molecule has 92 valence electrons. The van der Waals surface area contributed by atoms with Gasteiger partial charge in [-0.1, -0.05) is 23.4 Å². The lowest BCUT2D eigenvalue weighted by Crippen LogP contribution is -2.38. The molecular weight excluding hydrogens is 232 g/mol. The van der Waals surface area contributed by atoms with Gasteiger partial charge in [-0.15, -0.1) is 0 Å². The lowest BCUT2D eigenvalue weighted by Gasteiger charge is -2.23. The van der Waals surface area contributed by atoms with Crippen molar-refractivity contribution >= 4 is 11.7 Å². The number of anilines is 1. The highest BCUT2D eigenvalue weighted by Gasteiger charge is 2.34. The van der Waals surface area contributed by atoms with Crippen LogP contribution in [-0.4, -0.2) is 22.3 Å². The summed E-state index contributed by atoms with van der Waals surface area (Å²) in [5.74, 6) is -0.803. The van der Waals surface area contributed by atoms with Crippen LogP contribution in [0.5, 0.6) is 0 Å². The molecule has 5 heteroatoms. The summed E-state index contributed by atoms with van der Waals surface area (Å²) in [6.07, 6.45) is 3.69. The number of carboxylic acids is 1. The summed E-state index contributed by atoms with van der Waals surface area (Å²) in [6, 6.07) is 7.26. The maximum Gasteiger partial charge on any atom is 0.326 e. The molecule has 0 aliphatic carbocycles. The SMILES string of the molecule is O=C(O)C1Cc2ccccc2N1Cc1cnoc1. The van der Waals surface area contributed by atoms with E-state index in [0.29, 0.717) is 13.0 Å². The summed E-state index contributed by atoms with van der Waals surface area (Å²) in [5, 5.41) is 12.9. The summed E-state index contributed by atoms with van der Waals surface area (Å²) < 4.78 is 4.78. The van der Waals surface area contributed by atoms with Crippen molar-refractivity contribution in [3.05, 3.63) is 47.9 Å². The van der Waals surface area contributed by atoms with E-state index < -0.39 is 12.0 Å². The highest BCUT2D eigenvalue weighted by molar-refractivity contribution is 5.82. The second-order valence-electron chi connectivity index (χ2n) is 4.35. The van der Waals surface area contributed by atoms with Crippen molar-refractivity contribution in [3.63, 3.8) is 0 Å². The number of benzene rings is 1. The minimum absolute atomic E-state index is 0.497. The van der Waals surface area contributed by atoms with Crippen LogP contribution in [0.4, 0.5) is 5.69 Å². The van der Waals surface area contributed by atoms with Crippen molar-refractivity contribution in [1.82, 2.24) is 5.16 Å².